The largest absolute Gasteiger partial charge is 0.314 e. The molecule has 1 aliphatic heterocycles. The van der Waals surface area contributed by atoms with Crippen LogP contribution in [-0.4, -0.2) is 31.1 Å². The van der Waals surface area contributed by atoms with Gasteiger partial charge in [-0.2, -0.15) is 0 Å². The summed E-state index contributed by atoms with van der Waals surface area (Å²) in [6, 6.07) is 6.81. The van der Waals surface area contributed by atoms with Crippen molar-refractivity contribution in [2.75, 3.05) is 26.2 Å². The summed E-state index contributed by atoms with van der Waals surface area (Å²) in [5.74, 6) is 0. The van der Waals surface area contributed by atoms with E-state index in [0.29, 0.717) is 6.04 Å². The van der Waals surface area contributed by atoms with Gasteiger partial charge in [-0.05, 0) is 30.5 Å². The standard InChI is InChI=1S/C15H21ClN2.2ClH/c1-3-4-15(18-9-7-17-8-10-18)13-6-5-12(2)14(16)11-13;;/h3,5-6,11,15,17H,1,4,7-10H2,2H3;2*1H/t15-;;/m0../s1. The van der Waals surface area contributed by atoms with Crippen LogP contribution in [-0.2, 0) is 0 Å². The van der Waals surface area contributed by atoms with Gasteiger partial charge in [0.25, 0.3) is 0 Å². The molecular formula is C15H23Cl3N2. The minimum atomic E-state index is 0. The van der Waals surface area contributed by atoms with Gasteiger partial charge in [0, 0.05) is 37.2 Å². The predicted octanol–water partition coefficient (Wildman–Crippen LogP) is 4.01. The number of hydrogen-bond donors (Lipinski definition) is 1. The third kappa shape index (κ3) is 4.94. The molecule has 2 nitrogen and oxygen atoms in total. The Morgan fingerprint density at radius 3 is 2.55 bits per heavy atom. The number of hydrogen-bond acceptors (Lipinski definition) is 2. The van der Waals surface area contributed by atoms with Gasteiger partial charge in [-0.3, -0.25) is 4.90 Å². The van der Waals surface area contributed by atoms with Crippen molar-refractivity contribution in [3.8, 4) is 0 Å². The number of aryl methyl sites for hydroxylation is 1. The van der Waals surface area contributed by atoms with Gasteiger partial charge in [0.2, 0.25) is 0 Å². The molecule has 1 aliphatic rings. The molecule has 0 saturated carbocycles. The minimum Gasteiger partial charge on any atom is -0.314 e. The Kier molecular flexibility index (Phi) is 9.52. The maximum absolute atomic E-state index is 6.24. The summed E-state index contributed by atoms with van der Waals surface area (Å²) in [5, 5.41) is 4.25. The molecule has 1 saturated heterocycles. The van der Waals surface area contributed by atoms with Crippen LogP contribution in [0.2, 0.25) is 5.02 Å². The lowest BCUT2D eigenvalue weighted by molar-refractivity contribution is 0.174. The van der Waals surface area contributed by atoms with E-state index in [4.69, 9.17) is 11.6 Å². The molecule has 114 valence electrons. The second-order valence-electron chi connectivity index (χ2n) is 4.83. The highest BCUT2D eigenvalue weighted by molar-refractivity contribution is 6.31. The van der Waals surface area contributed by atoms with Crippen LogP contribution in [0, 0.1) is 6.92 Å². The van der Waals surface area contributed by atoms with E-state index in [1.54, 1.807) is 0 Å². The van der Waals surface area contributed by atoms with Crippen LogP contribution in [0.5, 0.6) is 0 Å². The molecule has 0 radical (unpaired) electrons. The van der Waals surface area contributed by atoms with Crippen molar-refractivity contribution in [2.45, 2.75) is 19.4 Å². The fourth-order valence-corrected chi connectivity index (χ4v) is 2.65. The molecule has 0 bridgehead atoms. The molecule has 1 N–H and O–H groups in total. The summed E-state index contributed by atoms with van der Waals surface area (Å²) in [4.78, 5) is 2.51. The highest BCUT2D eigenvalue weighted by Gasteiger charge is 2.21. The highest BCUT2D eigenvalue weighted by atomic mass is 35.5. The lowest BCUT2D eigenvalue weighted by Gasteiger charge is -2.35. The Morgan fingerprint density at radius 1 is 1.35 bits per heavy atom. The van der Waals surface area contributed by atoms with Gasteiger partial charge in [-0.1, -0.05) is 29.8 Å². The summed E-state index contributed by atoms with van der Waals surface area (Å²) in [5.41, 5.74) is 2.44. The van der Waals surface area contributed by atoms with Gasteiger partial charge in [-0.15, -0.1) is 31.4 Å². The Balaban J connectivity index is 0.00000180. The summed E-state index contributed by atoms with van der Waals surface area (Å²) < 4.78 is 0. The van der Waals surface area contributed by atoms with Crippen LogP contribution in [0.4, 0.5) is 0 Å². The first kappa shape index (κ1) is 19.8. The first-order valence-electron chi connectivity index (χ1n) is 6.54. The molecule has 0 aromatic heterocycles. The molecule has 0 amide bonds. The van der Waals surface area contributed by atoms with E-state index in [1.165, 1.54) is 5.56 Å². The maximum atomic E-state index is 6.24. The summed E-state index contributed by atoms with van der Waals surface area (Å²) >= 11 is 6.24. The monoisotopic (exact) mass is 336 g/mol. The average Bonchev–Trinajstić information content (AvgIpc) is 2.40. The number of nitrogens with one attached hydrogen (secondary N) is 1. The third-order valence-electron chi connectivity index (χ3n) is 3.56. The first-order chi connectivity index (χ1) is 8.72. The van der Waals surface area contributed by atoms with Crippen molar-refractivity contribution in [3.63, 3.8) is 0 Å². The molecule has 5 heteroatoms. The molecule has 20 heavy (non-hydrogen) atoms. The van der Waals surface area contributed by atoms with E-state index in [0.717, 1.165) is 43.2 Å². The Hall–Kier alpha value is -0.250. The SMILES string of the molecule is C=CC[C@@H](c1ccc(C)c(Cl)c1)N1CCNCC1.Cl.Cl. The van der Waals surface area contributed by atoms with Crippen molar-refractivity contribution in [3.05, 3.63) is 47.0 Å². The van der Waals surface area contributed by atoms with Crippen molar-refractivity contribution >= 4 is 36.4 Å². The number of nitrogens with zero attached hydrogens (tertiary/aromatic N) is 1. The molecule has 0 aliphatic carbocycles. The zero-order chi connectivity index (χ0) is 13.0. The minimum absolute atomic E-state index is 0. The van der Waals surface area contributed by atoms with Crippen molar-refractivity contribution in [2.24, 2.45) is 0 Å². The first-order valence-corrected chi connectivity index (χ1v) is 6.92. The van der Waals surface area contributed by atoms with E-state index >= 15 is 0 Å². The van der Waals surface area contributed by atoms with Crippen LogP contribution in [0.25, 0.3) is 0 Å². The Morgan fingerprint density at radius 2 is 2.00 bits per heavy atom. The van der Waals surface area contributed by atoms with Gasteiger partial charge in [0.15, 0.2) is 0 Å². The van der Waals surface area contributed by atoms with Crippen molar-refractivity contribution in [1.29, 1.82) is 0 Å². The molecule has 1 atom stereocenters. The lowest BCUT2D eigenvalue weighted by Crippen LogP contribution is -2.45. The number of halogens is 3. The second-order valence-corrected chi connectivity index (χ2v) is 5.24. The maximum Gasteiger partial charge on any atom is 0.0438 e. The quantitative estimate of drug-likeness (QED) is 0.835. The predicted molar refractivity (Wildman–Crippen MR) is 92.7 cm³/mol. The second kappa shape index (κ2) is 9.64. The molecule has 0 unspecified atom stereocenters. The number of rotatable bonds is 4. The normalized spacial score (nSPS) is 16.7. The van der Waals surface area contributed by atoms with Gasteiger partial charge in [0.1, 0.15) is 0 Å². The van der Waals surface area contributed by atoms with Crippen LogP contribution in [0.3, 0.4) is 0 Å². The summed E-state index contributed by atoms with van der Waals surface area (Å²) in [6.07, 6.45) is 2.97. The Bertz CT molecular complexity index is 418. The fraction of sp³-hybridized carbons (Fsp3) is 0.467. The van der Waals surface area contributed by atoms with Crippen LogP contribution in [0.15, 0.2) is 30.9 Å². The molecule has 1 heterocycles. The molecular weight excluding hydrogens is 315 g/mol. The van der Waals surface area contributed by atoms with Gasteiger partial charge < -0.3 is 5.32 Å². The van der Waals surface area contributed by atoms with Crippen molar-refractivity contribution < 1.29 is 0 Å². The van der Waals surface area contributed by atoms with Crippen LogP contribution >= 0.6 is 36.4 Å². The van der Waals surface area contributed by atoms with E-state index in [-0.39, 0.29) is 24.8 Å². The van der Waals surface area contributed by atoms with E-state index < -0.39 is 0 Å². The van der Waals surface area contributed by atoms with Crippen LogP contribution < -0.4 is 5.32 Å². The average molecular weight is 338 g/mol. The zero-order valence-electron chi connectivity index (χ0n) is 11.8. The topological polar surface area (TPSA) is 15.3 Å². The van der Waals surface area contributed by atoms with E-state index in [2.05, 4.69) is 35.0 Å². The Labute approximate surface area is 139 Å². The van der Waals surface area contributed by atoms with E-state index in [1.807, 2.05) is 13.0 Å². The zero-order valence-corrected chi connectivity index (χ0v) is 14.2. The molecule has 1 aromatic carbocycles. The van der Waals surface area contributed by atoms with Crippen LogP contribution in [0.1, 0.15) is 23.6 Å². The fourth-order valence-electron chi connectivity index (χ4n) is 2.46. The number of benzene rings is 1. The smallest absolute Gasteiger partial charge is 0.0438 e. The van der Waals surface area contributed by atoms with Gasteiger partial charge in [0.05, 0.1) is 0 Å². The third-order valence-corrected chi connectivity index (χ3v) is 3.97. The van der Waals surface area contributed by atoms with Crippen molar-refractivity contribution in [1.82, 2.24) is 10.2 Å². The lowest BCUT2D eigenvalue weighted by atomic mass is 10.00. The summed E-state index contributed by atoms with van der Waals surface area (Å²) in [6.45, 7) is 10.2. The molecule has 1 aromatic rings. The highest BCUT2D eigenvalue weighted by Crippen LogP contribution is 2.28. The number of piperazine rings is 1. The summed E-state index contributed by atoms with van der Waals surface area (Å²) in [7, 11) is 0. The van der Waals surface area contributed by atoms with Gasteiger partial charge >= 0.3 is 0 Å². The molecule has 2 rings (SSSR count). The van der Waals surface area contributed by atoms with Gasteiger partial charge in [-0.25, -0.2) is 0 Å². The molecule has 0 spiro atoms. The van der Waals surface area contributed by atoms with E-state index in [9.17, 15) is 0 Å². The molecule has 1 fully saturated rings.